The molecule has 0 aliphatic heterocycles. The summed E-state index contributed by atoms with van der Waals surface area (Å²) in [6.45, 7) is 4.51. The fourth-order valence-corrected chi connectivity index (χ4v) is 2.81. The number of rotatable bonds is 4. The van der Waals surface area contributed by atoms with Gasteiger partial charge in [0.2, 0.25) is 5.91 Å². The van der Waals surface area contributed by atoms with Crippen LogP contribution in [0.3, 0.4) is 0 Å². The van der Waals surface area contributed by atoms with Crippen molar-refractivity contribution in [3.63, 3.8) is 0 Å². The first-order valence-electron chi connectivity index (χ1n) is 5.04. The molecule has 0 bridgehead atoms. The van der Waals surface area contributed by atoms with Crippen molar-refractivity contribution < 1.29 is 4.79 Å². The van der Waals surface area contributed by atoms with Crippen molar-refractivity contribution in [3.05, 3.63) is 20.8 Å². The lowest BCUT2D eigenvalue weighted by Gasteiger charge is -2.28. The van der Waals surface area contributed by atoms with E-state index in [1.807, 2.05) is 19.9 Å². The van der Waals surface area contributed by atoms with Crippen molar-refractivity contribution >= 4 is 45.6 Å². The third-order valence-electron chi connectivity index (χ3n) is 2.27. The van der Waals surface area contributed by atoms with Crippen LogP contribution >= 0.6 is 39.7 Å². The highest BCUT2D eigenvalue weighted by Gasteiger charge is 2.28. The Morgan fingerprint density at radius 1 is 1.47 bits per heavy atom. The number of nitrogens with zero attached hydrogens (tertiary/aromatic N) is 1. The second-order valence-corrected chi connectivity index (χ2v) is 6.93. The van der Waals surface area contributed by atoms with Crippen LogP contribution in [0.5, 0.6) is 0 Å². The molecule has 1 heterocycles. The van der Waals surface area contributed by atoms with Crippen LogP contribution in [0.4, 0.5) is 0 Å². The summed E-state index contributed by atoms with van der Waals surface area (Å²) in [6.07, 6.45) is 0. The molecule has 17 heavy (non-hydrogen) atoms. The number of carbonyl (C=O) groups excluding carboxylic acids is 1. The molecule has 1 aromatic heterocycles. The molecule has 0 radical (unpaired) electrons. The van der Waals surface area contributed by atoms with Gasteiger partial charge in [-0.15, -0.1) is 23.7 Å². The van der Waals surface area contributed by atoms with E-state index >= 15 is 0 Å². The molecule has 3 nitrogen and oxygen atoms in total. The minimum absolute atomic E-state index is 0. The quantitative estimate of drug-likeness (QED) is 0.913. The Bertz CT molecular complexity index is 379. The van der Waals surface area contributed by atoms with Crippen LogP contribution in [0, 0.1) is 0 Å². The topological polar surface area (TPSA) is 32.3 Å². The van der Waals surface area contributed by atoms with E-state index in [9.17, 15) is 4.79 Å². The van der Waals surface area contributed by atoms with Crippen LogP contribution in [0.25, 0.3) is 0 Å². The Morgan fingerprint density at radius 3 is 2.47 bits per heavy atom. The molecular formula is C11H18BrClN2OS. The van der Waals surface area contributed by atoms with Gasteiger partial charge >= 0.3 is 0 Å². The fraction of sp³-hybridized carbons (Fsp3) is 0.545. The summed E-state index contributed by atoms with van der Waals surface area (Å²) in [5.41, 5.74) is -0.528. The molecule has 1 N–H and O–H groups in total. The first kappa shape index (κ1) is 16.9. The maximum absolute atomic E-state index is 11.8. The minimum atomic E-state index is -0.528. The van der Waals surface area contributed by atoms with Gasteiger partial charge in [0.25, 0.3) is 0 Å². The van der Waals surface area contributed by atoms with Gasteiger partial charge in [0.15, 0.2) is 0 Å². The van der Waals surface area contributed by atoms with Gasteiger partial charge in [0, 0.05) is 25.5 Å². The van der Waals surface area contributed by atoms with E-state index in [1.165, 1.54) is 4.88 Å². The summed E-state index contributed by atoms with van der Waals surface area (Å²) < 4.78 is 1.11. The van der Waals surface area contributed by atoms with Gasteiger partial charge in [-0.1, -0.05) is 0 Å². The van der Waals surface area contributed by atoms with E-state index in [0.29, 0.717) is 6.54 Å². The number of nitrogens with one attached hydrogen (secondary N) is 1. The van der Waals surface area contributed by atoms with E-state index < -0.39 is 5.54 Å². The third-order valence-corrected chi connectivity index (χ3v) is 3.90. The van der Waals surface area contributed by atoms with Gasteiger partial charge in [-0.3, -0.25) is 10.1 Å². The standard InChI is InChI=1S/C11H17BrN2OS.ClH/c1-11(2,10(15)14(3)4)13-7-8-5-6-9(12)16-8;/h5-6,13H,7H2,1-4H3;1H. The van der Waals surface area contributed by atoms with Crippen LogP contribution < -0.4 is 5.32 Å². The molecule has 0 aliphatic carbocycles. The number of amides is 1. The van der Waals surface area contributed by atoms with E-state index in [-0.39, 0.29) is 18.3 Å². The summed E-state index contributed by atoms with van der Waals surface area (Å²) in [4.78, 5) is 14.7. The third kappa shape index (κ3) is 4.95. The van der Waals surface area contributed by atoms with Crippen molar-refractivity contribution in [3.8, 4) is 0 Å². The number of hydrogen-bond acceptors (Lipinski definition) is 3. The zero-order valence-electron chi connectivity index (χ0n) is 10.4. The Balaban J connectivity index is 0.00000256. The lowest BCUT2D eigenvalue weighted by Crippen LogP contribution is -2.51. The molecular weight excluding hydrogens is 324 g/mol. The Kier molecular flexibility index (Phi) is 6.69. The predicted octanol–water partition coefficient (Wildman–Crippen LogP) is 2.89. The smallest absolute Gasteiger partial charge is 0.241 e. The molecule has 0 fully saturated rings. The Morgan fingerprint density at radius 2 is 2.06 bits per heavy atom. The number of carbonyl (C=O) groups is 1. The predicted molar refractivity (Wildman–Crippen MR) is 78.9 cm³/mol. The second kappa shape index (κ2) is 6.73. The van der Waals surface area contributed by atoms with Gasteiger partial charge in [-0.05, 0) is 41.9 Å². The molecule has 0 saturated carbocycles. The molecule has 98 valence electrons. The van der Waals surface area contributed by atoms with E-state index in [1.54, 1.807) is 30.3 Å². The highest BCUT2D eigenvalue weighted by atomic mass is 79.9. The summed E-state index contributed by atoms with van der Waals surface area (Å²) >= 11 is 5.10. The zero-order valence-corrected chi connectivity index (χ0v) is 13.6. The van der Waals surface area contributed by atoms with Gasteiger partial charge in [0.1, 0.15) is 0 Å². The number of hydrogen-bond donors (Lipinski definition) is 1. The highest BCUT2D eigenvalue weighted by molar-refractivity contribution is 9.11. The van der Waals surface area contributed by atoms with Gasteiger partial charge in [-0.25, -0.2) is 0 Å². The zero-order chi connectivity index (χ0) is 12.3. The summed E-state index contributed by atoms with van der Waals surface area (Å²) in [5, 5.41) is 3.27. The average molecular weight is 342 g/mol. The monoisotopic (exact) mass is 340 g/mol. The van der Waals surface area contributed by atoms with Crippen LogP contribution in [0.2, 0.25) is 0 Å². The van der Waals surface area contributed by atoms with Crippen LogP contribution in [-0.4, -0.2) is 30.4 Å². The van der Waals surface area contributed by atoms with Gasteiger partial charge < -0.3 is 4.90 Å². The van der Waals surface area contributed by atoms with Crippen molar-refractivity contribution in [2.45, 2.75) is 25.9 Å². The SMILES string of the molecule is CN(C)C(=O)C(C)(C)NCc1ccc(Br)s1.Cl. The van der Waals surface area contributed by atoms with Crippen LogP contribution in [0.1, 0.15) is 18.7 Å². The molecule has 0 unspecified atom stereocenters. The molecule has 0 saturated heterocycles. The van der Waals surface area contributed by atoms with Crippen molar-refractivity contribution in [1.82, 2.24) is 10.2 Å². The van der Waals surface area contributed by atoms with Crippen molar-refractivity contribution in [1.29, 1.82) is 0 Å². The van der Waals surface area contributed by atoms with Gasteiger partial charge in [0.05, 0.1) is 9.33 Å². The summed E-state index contributed by atoms with van der Waals surface area (Å²) in [6, 6.07) is 4.07. The molecule has 1 aromatic rings. The van der Waals surface area contributed by atoms with Gasteiger partial charge in [-0.2, -0.15) is 0 Å². The Hall–Kier alpha value is -0.100. The van der Waals surface area contributed by atoms with E-state index in [4.69, 9.17) is 0 Å². The lowest BCUT2D eigenvalue weighted by molar-refractivity contribution is -0.134. The van der Waals surface area contributed by atoms with Crippen molar-refractivity contribution in [2.24, 2.45) is 0 Å². The molecule has 0 spiro atoms. The molecule has 6 heteroatoms. The first-order chi connectivity index (χ1) is 7.33. The van der Waals surface area contributed by atoms with Crippen LogP contribution in [-0.2, 0) is 11.3 Å². The highest BCUT2D eigenvalue weighted by Crippen LogP contribution is 2.22. The second-order valence-electron chi connectivity index (χ2n) is 4.38. The summed E-state index contributed by atoms with van der Waals surface area (Å²) in [5.74, 6) is 0.0862. The maximum atomic E-state index is 11.8. The first-order valence-corrected chi connectivity index (χ1v) is 6.65. The number of likely N-dealkylation sites (N-methyl/N-ethyl adjacent to an activating group) is 1. The van der Waals surface area contributed by atoms with E-state index in [2.05, 4.69) is 27.3 Å². The fourth-order valence-electron chi connectivity index (χ4n) is 1.39. The minimum Gasteiger partial charge on any atom is -0.347 e. The average Bonchev–Trinajstić information content (AvgIpc) is 2.60. The molecule has 1 amide bonds. The van der Waals surface area contributed by atoms with Crippen molar-refractivity contribution in [2.75, 3.05) is 14.1 Å². The summed E-state index contributed by atoms with van der Waals surface area (Å²) in [7, 11) is 3.54. The molecule has 0 aromatic carbocycles. The normalized spacial score (nSPS) is 10.9. The maximum Gasteiger partial charge on any atom is 0.241 e. The van der Waals surface area contributed by atoms with Crippen LogP contribution in [0.15, 0.2) is 15.9 Å². The Labute approximate surface area is 121 Å². The molecule has 0 aliphatic rings. The van der Waals surface area contributed by atoms with E-state index in [0.717, 1.165) is 3.79 Å². The molecule has 1 rings (SSSR count). The number of halogens is 2. The lowest BCUT2D eigenvalue weighted by atomic mass is 10.0. The largest absolute Gasteiger partial charge is 0.347 e. The number of thiophene rings is 1. The molecule has 0 atom stereocenters.